The zero-order valence-corrected chi connectivity index (χ0v) is 15.3. The molecule has 3 heteroatoms. The molecule has 117 valence electrons. The van der Waals surface area contributed by atoms with Crippen molar-refractivity contribution in [2.75, 3.05) is 26.2 Å². The molecule has 0 aliphatic heterocycles. The third-order valence-corrected chi connectivity index (χ3v) is 3.94. The van der Waals surface area contributed by atoms with Crippen molar-refractivity contribution in [2.45, 2.75) is 79.1 Å². The molecule has 2 nitrogen and oxygen atoms in total. The Balaban J connectivity index is -0.00000128. The summed E-state index contributed by atoms with van der Waals surface area (Å²) in [6.07, 6.45) is 11.1. The second-order valence-corrected chi connectivity index (χ2v) is 5.65. The SMILES string of the molecule is CCCC[N+](CCCC)(CCCC)CCCC.O.[V]. The van der Waals surface area contributed by atoms with Crippen molar-refractivity contribution >= 4 is 0 Å². The minimum atomic E-state index is 0. The fourth-order valence-corrected chi connectivity index (χ4v) is 2.64. The predicted molar refractivity (Wildman–Crippen MR) is 83.0 cm³/mol. The molecule has 0 aromatic heterocycles. The van der Waals surface area contributed by atoms with Gasteiger partial charge in [-0.05, 0) is 25.7 Å². The maximum Gasteiger partial charge on any atom is 0.0786 e. The molecule has 0 fully saturated rings. The van der Waals surface area contributed by atoms with Crippen molar-refractivity contribution in [2.24, 2.45) is 0 Å². The van der Waals surface area contributed by atoms with Crippen LogP contribution in [0.5, 0.6) is 0 Å². The third-order valence-electron chi connectivity index (χ3n) is 3.94. The molecular weight excluding hydrogens is 273 g/mol. The molecule has 0 bridgehead atoms. The van der Waals surface area contributed by atoms with Gasteiger partial charge >= 0.3 is 0 Å². The minimum Gasteiger partial charge on any atom is -0.412 e. The fourth-order valence-electron chi connectivity index (χ4n) is 2.64. The van der Waals surface area contributed by atoms with Crippen molar-refractivity contribution in [3.8, 4) is 0 Å². The fraction of sp³-hybridized carbons (Fsp3) is 1.00. The van der Waals surface area contributed by atoms with E-state index < -0.39 is 0 Å². The Kier molecular flexibility index (Phi) is 21.4. The molecule has 2 N–H and O–H groups in total. The van der Waals surface area contributed by atoms with Crippen LogP contribution in [0.3, 0.4) is 0 Å². The second-order valence-electron chi connectivity index (χ2n) is 5.65. The van der Waals surface area contributed by atoms with Gasteiger partial charge in [-0.2, -0.15) is 0 Å². The summed E-state index contributed by atoms with van der Waals surface area (Å²) >= 11 is 0. The van der Waals surface area contributed by atoms with Gasteiger partial charge in [0.2, 0.25) is 0 Å². The molecule has 0 spiro atoms. The van der Waals surface area contributed by atoms with Crippen molar-refractivity contribution in [1.82, 2.24) is 0 Å². The Morgan fingerprint density at radius 2 is 0.737 bits per heavy atom. The van der Waals surface area contributed by atoms with E-state index in [2.05, 4.69) is 27.7 Å². The summed E-state index contributed by atoms with van der Waals surface area (Å²) < 4.78 is 1.42. The summed E-state index contributed by atoms with van der Waals surface area (Å²) in [5, 5.41) is 0. The third kappa shape index (κ3) is 12.0. The monoisotopic (exact) mass is 311 g/mol. The molecular formula is C16H38NOV+. The van der Waals surface area contributed by atoms with Gasteiger partial charge in [-0.1, -0.05) is 53.4 Å². The topological polar surface area (TPSA) is 31.5 Å². The molecule has 0 saturated carbocycles. The number of hydrogen-bond donors (Lipinski definition) is 0. The maximum absolute atomic E-state index is 2.33. The van der Waals surface area contributed by atoms with Crippen LogP contribution >= 0.6 is 0 Å². The van der Waals surface area contributed by atoms with Crippen LogP contribution in [0.15, 0.2) is 0 Å². The largest absolute Gasteiger partial charge is 0.412 e. The van der Waals surface area contributed by atoms with E-state index in [-0.39, 0.29) is 24.0 Å². The Hall–Kier alpha value is 0.504. The van der Waals surface area contributed by atoms with Crippen molar-refractivity contribution in [3.05, 3.63) is 0 Å². The van der Waals surface area contributed by atoms with Gasteiger partial charge in [-0.25, -0.2) is 0 Å². The molecule has 0 heterocycles. The minimum absolute atomic E-state index is 0. The summed E-state index contributed by atoms with van der Waals surface area (Å²) in [6, 6.07) is 0. The Labute approximate surface area is 134 Å². The molecule has 0 atom stereocenters. The molecule has 0 unspecified atom stereocenters. The van der Waals surface area contributed by atoms with Gasteiger partial charge in [0.1, 0.15) is 0 Å². The van der Waals surface area contributed by atoms with Crippen molar-refractivity contribution in [1.29, 1.82) is 0 Å². The summed E-state index contributed by atoms with van der Waals surface area (Å²) in [4.78, 5) is 0. The zero-order chi connectivity index (χ0) is 13.0. The van der Waals surface area contributed by atoms with Crippen LogP contribution in [0.1, 0.15) is 79.1 Å². The number of hydrogen-bond acceptors (Lipinski definition) is 0. The van der Waals surface area contributed by atoms with Gasteiger partial charge in [0, 0.05) is 18.6 Å². The zero-order valence-electron chi connectivity index (χ0n) is 13.9. The molecule has 0 rings (SSSR count). The van der Waals surface area contributed by atoms with Gasteiger partial charge in [-0.3, -0.25) is 0 Å². The van der Waals surface area contributed by atoms with E-state index in [1.54, 1.807) is 0 Å². The number of unbranched alkanes of at least 4 members (excludes halogenated alkanes) is 4. The van der Waals surface area contributed by atoms with Crippen molar-refractivity contribution in [3.63, 3.8) is 0 Å². The molecule has 1 radical (unpaired) electrons. The standard InChI is InChI=1S/C16H36N.H2O.V/c1-5-9-13-17(14-10-6-2,15-11-7-3)16-12-8-4;;/h5-16H2,1-4H3;1H2;/q+1;;. The van der Waals surface area contributed by atoms with E-state index in [0.29, 0.717) is 0 Å². The van der Waals surface area contributed by atoms with Crippen LogP contribution in [-0.2, 0) is 18.6 Å². The first kappa shape index (κ1) is 24.5. The predicted octanol–water partition coefficient (Wildman–Crippen LogP) is 4.18. The maximum atomic E-state index is 2.33. The molecule has 0 saturated heterocycles. The van der Waals surface area contributed by atoms with Gasteiger partial charge < -0.3 is 9.96 Å². The average Bonchev–Trinajstić information content (AvgIpc) is 2.37. The van der Waals surface area contributed by atoms with E-state index in [1.165, 1.54) is 82.0 Å². The number of quaternary nitrogens is 1. The van der Waals surface area contributed by atoms with Crippen molar-refractivity contribution < 1.29 is 28.5 Å². The molecule has 0 aromatic carbocycles. The summed E-state index contributed by atoms with van der Waals surface area (Å²) in [5.41, 5.74) is 0. The quantitative estimate of drug-likeness (QED) is 0.484. The first-order valence-electron chi connectivity index (χ1n) is 8.09. The van der Waals surface area contributed by atoms with Gasteiger partial charge in [-0.15, -0.1) is 0 Å². The Bertz CT molecular complexity index is 127. The van der Waals surface area contributed by atoms with Gasteiger partial charge in [0.15, 0.2) is 0 Å². The second kappa shape index (κ2) is 16.6. The van der Waals surface area contributed by atoms with E-state index in [4.69, 9.17) is 0 Å². The van der Waals surface area contributed by atoms with E-state index in [1.807, 2.05) is 0 Å². The van der Waals surface area contributed by atoms with Gasteiger partial charge in [0.05, 0.1) is 26.2 Å². The van der Waals surface area contributed by atoms with Crippen LogP contribution in [-0.4, -0.2) is 36.1 Å². The first-order chi connectivity index (χ1) is 8.24. The number of rotatable bonds is 12. The summed E-state index contributed by atoms with van der Waals surface area (Å²) in [6.45, 7) is 15.0. The van der Waals surface area contributed by atoms with Crippen LogP contribution in [0.4, 0.5) is 0 Å². The van der Waals surface area contributed by atoms with Crippen LogP contribution in [0, 0.1) is 0 Å². The smallest absolute Gasteiger partial charge is 0.0786 e. The molecule has 0 aliphatic rings. The first-order valence-corrected chi connectivity index (χ1v) is 8.09. The molecule has 19 heavy (non-hydrogen) atoms. The van der Waals surface area contributed by atoms with Gasteiger partial charge in [0.25, 0.3) is 0 Å². The Morgan fingerprint density at radius 3 is 0.895 bits per heavy atom. The van der Waals surface area contributed by atoms with E-state index in [0.717, 1.165) is 0 Å². The molecule has 0 aromatic rings. The molecule has 0 amide bonds. The average molecular weight is 311 g/mol. The molecule has 0 aliphatic carbocycles. The summed E-state index contributed by atoms with van der Waals surface area (Å²) in [7, 11) is 0. The Morgan fingerprint density at radius 1 is 0.526 bits per heavy atom. The van der Waals surface area contributed by atoms with Crippen LogP contribution < -0.4 is 0 Å². The normalized spacial score (nSPS) is 10.7. The van der Waals surface area contributed by atoms with E-state index in [9.17, 15) is 0 Å². The number of nitrogens with zero attached hydrogens (tertiary/aromatic N) is 1. The summed E-state index contributed by atoms with van der Waals surface area (Å²) in [5.74, 6) is 0. The van der Waals surface area contributed by atoms with Crippen LogP contribution in [0.2, 0.25) is 0 Å². The van der Waals surface area contributed by atoms with Crippen LogP contribution in [0.25, 0.3) is 0 Å². The van der Waals surface area contributed by atoms with E-state index >= 15 is 0 Å².